The molecule has 0 amide bonds. The second kappa shape index (κ2) is 6.20. The lowest BCUT2D eigenvalue weighted by molar-refractivity contribution is 0.484. The normalized spacial score (nSPS) is 10.4. The van der Waals surface area contributed by atoms with E-state index in [4.69, 9.17) is 45.3 Å². The van der Waals surface area contributed by atoms with Gasteiger partial charge >= 0.3 is 0 Å². The molecule has 0 fully saturated rings. The first-order valence-corrected chi connectivity index (χ1v) is 6.74. The van der Waals surface area contributed by atoms with Crippen molar-refractivity contribution in [2.75, 3.05) is 5.73 Å². The summed E-state index contributed by atoms with van der Waals surface area (Å²) in [5.41, 5.74) is 6.98. The molecular weight excluding hydrogens is 356 g/mol. The Kier molecular flexibility index (Phi) is 4.74. The van der Waals surface area contributed by atoms with E-state index in [0.29, 0.717) is 38.0 Å². The van der Waals surface area contributed by atoms with Crippen molar-refractivity contribution >= 4 is 64.2 Å². The van der Waals surface area contributed by atoms with E-state index < -0.39 is 0 Å². The molecule has 8 heteroatoms. The van der Waals surface area contributed by atoms with Crippen LogP contribution >= 0.6 is 47.2 Å². The van der Waals surface area contributed by atoms with Gasteiger partial charge in [-0.05, 0) is 18.2 Å². The number of fused-ring (bicyclic) bond motifs is 1. The number of ether oxygens (including phenoxy) is 1. The summed E-state index contributed by atoms with van der Waals surface area (Å²) < 4.78 is 5.70. The molecule has 0 spiro atoms. The van der Waals surface area contributed by atoms with E-state index in [1.54, 1.807) is 30.3 Å². The van der Waals surface area contributed by atoms with Gasteiger partial charge in [0.15, 0.2) is 5.95 Å². The molecule has 0 aliphatic rings. The Hall–Kier alpha value is -1.33. The van der Waals surface area contributed by atoms with Gasteiger partial charge in [0.2, 0.25) is 0 Å². The van der Waals surface area contributed by atoms with Crippen LogP contribution in [0.5, 0.6) is 11.5 Å². The van der Waals surface area contributed by atoms with E-state index in [1.165, 1.54) is 0 Å². The van der Waals surface area contributed by atoms with Gasteiger partial charge in [-0.2, -0.15) is 0 Å². The van der Waals surface area contributed by atoms with Gasteiger partial charge in [0.25, 0.3) is 0 Å². The Balaban J connectivity index is 0.00000161. The standard InChI is InChI=1S/C13H8Cl3N3O.ClH/c14-6-2-1-3-10(12(6)16)20-11-5-9-8(4-7(11)15)18-13(17)19-9;/h1-5H,(H3,17,18,19);1H. The van der Waals surface area contributed by atoms with Crippen LogP contribution in [0.3, 0.4) is 0 Å². The Morgan fingerprint density at radius 2 is 1.81 bits per heavy atom. The summed E-state index contributed by atoms with van der Waals surface area (Å²) in [6, 6.07) is 8.49. The van der Waals surface area contributed by atoms with Gasteiger partial charge in [-0.15, -0.1) is 12.4 Å². The summed E-state index contributed by atoms with van der Waals surface area (Å²) in [5.74, 6) is 1.16. The third-order valence-electron chi connectivity index (χ3n) is 2.69. The molecule has 4 nitrogen and oxygen atoms in total. The third-order valence-corrected chi connectivity index (χ3v) is 3.79. The molecule has 1 heterocycles. The molecule has 1 aromatic heterocycles. The number of H-pyrrole nitrogens is 1. The minimum absolute atomic E-state index is 0. The zero-order valence-electron chi connectivity index (χ0n) is 10.4. The van der Waals surface area contributed by atoms with Crippen LogP contribution in [0.15, 0.2) is 30.3 Å². The molecule has 21 heavy (non-hydrogen) atoms. The van der Waals surface area contributed by atoms with Gasteiger partial charge in [0.1, 0.15) is 16.5 Å². The van der Waals surface area contributed by atoms with E-state index in [2.05, 4.69) is 9.97 Å². The minimum Gasteiger partial charge on any atom is -0.454 e. The number of nitrogens with one attached hydrogen (secondary N) is 1. The molecule has 0 saturated carbocycles. The number of nitrogens with zero attached hydrogens (tertiary/aromatic N) is 1. The van der Waals surface area contributed by atoms with Crippen LogP contribution in [0.4, 0.5) is 5.95 Å². The number of hydrogen-bond acceptors (Lipinski definition) is 3. The number of halogens is 4. The number of rotatable bonds is 2. The Labute approximate surface area is 141 Å². The van der Waals surface area contributed by atoms with Gasteiger partial charge in [0.05, 0.1) is 21.1 Å². The average Bonchev–Trinajstić information content (AvgIpc) is 2.74. The number of benzene rings is 2. The van der Waals surface area contributed by atoms with Crippen LogP contribution < -0.4 is 10.5 Å². The highest BCUT2D eigenvalue weighted by Gasteiger charge is 2.11. The van der Waals surface area contributed by atoms with E-state index in [1.807, 2.05) is 0 Å². The first-order valence-electron chi connectivity index (χ1n) is 5.61. The summed E-state index contributed by atoms with van der Waals surface area (Å²) >= 11 is 18.2. The monoisotopic (exact) mass is 363 g/mol. The number of aromatic nitrogens is 2. The van der Waals surface area contributed by atoms with Crippen molar-refractivity contribution in [3.63, 3.8) is 0 Å². The van der Waals surface area contributed by atoms with Crippen molar-refractivity contribution in [1.29, 1.82) is 0 Å². The van der Waals surface area contributed by atoms with Gasteiger partial charge < -0.3 is 15.5 Å². The van der Waals surface area contributed by atoms with Crippen LogP contribution in [0.2, 0.25) is 15.1 Å². The maximum Gasteiger partial charge on any atom is 0.198 e. The first-order chi connectivity index (χ1) is 9.54. The van der Waals surface area contributed by atoms with Gasteiger partial charge in [-0.3, -0.25) is 0 Å². The van der Waals surface area contributed by atoms with Crippen molar-refractivity contribution < 1.29 is 4.74 Å². The number of nitrogens with two attached hydrogens (primary N) is 1. The van der Waals surface area contributed by atoms with Crippen molar-refractivity contribution in [1.82, 2.24) is 9.97 Å². The van der Waals surface area contributed by atoms with Crippen molar-refractivity contribution in [2.45, 2.75) is 0 Å². The smallest absolute Gasteiger partial charge is 0.198 e. The van der Waals surface area contributed by atoms with E-state index in [9.17, 15) is 0 Å². The lowest BCUT2D eigenvalue weighted by Gasteiger charge is -2.09. The fraction of sp³-hybridized carbons (Fsp3) is 0. The Morgan fingerprint density at radius 3 is 2.57 bits per heavy atom. The molecule has 0 bridgehead atoms. The predicted molar refractivity (Wildman–Crippen MR) is 89.3 cm³/mol. The molecule has 0 saturated heterocycles. The molecule has 0 radical (unpaired) electrons. The van der Waals surface area contributed by atoms with Crippen LogP contribution in [0.25, 0.3) is 11.0 Å². The molecule has 0 unspecified atom stereocenters. The fourth-order valence-corrected chi connectivity index (χ4v) is 2.32. The second-order valence-electron chi connectivity index (χ2n) is 4.08. The van der Waals surface area contributed by atoms with E-state index in [-0.39, 0.29) is 12.4 Å². The molecule has 0 aliphatic carbocycles. The molecule has 3 N–H and O–H groups in total. The van der Waals surface area contributed by atoms with Crippen molar-refractivity contribution in [3.05, 3.63) is 45.4 Å². The van der Waals surface area contributed by atoms with Crippen molar-refractivity contribution in [3.8, 4) is 11.5 Å². The van der Waals surface area contributed by atoms with Crippen LogP contribution in [-0.2, 0) is 0 Å². The minimum atomic E-state index is 0. The van der Waals surface area contributed by atoms with E-state index >= 15 is 0 Å². The highest BCUT2D eigenvalue weighted by molar-refractivity contribution is 6.43. The maximum atomic E-state index is 6.16. The second-order valence-corrected chi connectivity index (χ2v) is 5.27. The summed E-state index contributed by atoms with van der Waals surface area (Å²) in [6.07, 6.45) is 0. The zero-order chi connectivity index (χ0) is 14.3. The molecule has 3 rings (SSSR count). The number of aromatic amines is 1. The maximum absolute atomic E-state index is 6.16. The quantitative estimate of drug-likeness (QED) is 0.646. The highest BCUT2D eigenvalue weighted by Crippen LogP contribution is 2.38. The van der Waals surface area contributed by atoms with Gasteiger partial charge in [-0.25, -0.2) is 4.98 Å². The van der Waals surface area contributed by atoms with Crippen molar-refractivity contribution in [2.24, 2.45) is 0 Å². The molecule has 3 aromatic rings. The molecule has 0 aliphatic heterocycles. The summed E-state index contributed by atoms with van der Waals surface area (Å²) in [7, 11) is 0. The van der Waals surface area contributed by atoms with Crippen LogP contribution in [0, 0.1) is 0 Å². The fourth-order valence-electron chi connectivity index (χ4n) is 1.79. The number of nitrogen functional groups attached to an aromatic ring is 1. The van der Waals surface area contributed by atoms with Gasteiger partial charge in [-0.1, -0.05) is 40.9 Å². The number of anilines is 1. The lowest BCUT2D eigenvalue weighted by atomic mass is 10.3. The highest BCUT2D eigenvalue weighted by atomic mass is 35.5. The summed E-state index contributed by atoms with van der Waals surface area (Å²) in [5, 5.41) is 1.15. The number of imidazole rings is 1. The van der Waals surface area contributed by atoms with E-state index in [0.717, 1.165) is 5.52 Å². The topological polar surface area (TPSA) is 63.9 Å². The molecular formula is C13H9Cl4N3O. The zero-order valence-corrected chi connectivity index (χ0v) is 13.4. The average molecular weight is 365 g/mol. The summed E-state index contributed by atoms with van der Waals surface area (Å²) in [4.78, 5) is 7.01. The predicted octanol–water partition coefficient (Wildman–Crippen LogP) is 5.32. The number of hydrogen-bond donors (Lipinski definition) is 2. The SMILES string of the molecule is Cl.Nc1nc2cc(Oc3cccc(Cl)c3Cl)c(Cl)cc2[nH]1. The third kappa shape index (κ3) is 3.14. The Bertz CT molecular complexity index is 803. The molecule has 2 aromatic carbocycles. The largest absolute Gasteiger partial charge is 0.454 e. The summed E-state index contributed by atoms with van der Waals surface area (Å²) in [6.45, 7) is 0. The van der Waals surface area contributed by atoms with Gasteiger partial charge in [0, 0.05) is 6.07 Å². The lowest BCUT2D eigenvalue weighted by Crippen LogP contribution is -1.87. The van der Waals surface area contributed by atoms with Crippen LogP contribution in [0.1, 0.15) is 0 Å². The first kappa shape index (κ1) is 16.0. The molecule has 0 atom stereocenters. The Morgan fingerprint density at radius 1 is 1.05 bits per heavy atom. The molecule has 110 valence electrons. The van der Waals surface area contributed by atoms with Crippen LogP contribution in [-0.4, -0.2) is 9.97 Å².